The number of hydrogen-bond acceptors (Lipinski definition) is 2. The van der Waals surface area contributed by atoms with Crippen LogP contribution in [0.15, 0.2) is 52.3 Å². The van der Waals surface area contributed by atoms with Gasteiger partial charge in [-0.1, -0.05) is 17.7 Å². The molecule has 0 N–H and O–H groups in total. The molecule has 0 aliphatic rings. The second kappa shape index (κ2) is 5.15. The van der Waals surface area contributed by atoms with Crippen molar-refractivity contribution in [3.05, 3.63) is 57.8 Å². The molecule has 0 saturated heterocycles. The van der Waals surface area contributed by atoms with Crippen molar-refractivity contribution < 1.29 is 0 Å². The van der Waals surface area contributed by atoms with E-state index in [2.05, 4.69) is 12.1 Å². The predicted molar refractivity (Wildman–Crippen MR) is 73.4 cm³/mol. The summed E-state index contributed by atoms with van der Waals surface area (Å²) in [6.07, 6.45) is 3.98. The van der Waals surface area contributed by atoms with E-state index < -0.39 is 0 Å². The van der Waals surface area contributed by atoms with Gasteiger partial charge in [-0.25, -0.2) is 0 Å². The fourth-order valence-corrected chi connectivity index (χ4v) is 2.26. The van der Waals surface area contributed by atoms with Gasteiger partial charge in [0.1, 0.15) is 0 Å². The van der Waals surface area contributed by atoms with Crippen molar-refractivity contribution in [2.45, 2.75) is 20.4 Å². The zero-order chi connectivity index (χ0) is 12.3. The molecule has 2 heterocycles. The first-order valence-electron chi connectivity index (χ1n) is 5.54. The summed E-state index contributed by atoms with van der Waals surface area (Å²) in [7, 11) is 0. The lowest BCUT2D eigenvalue weighted by molar-refractivity contribution is 0.776. The molecule has 0 unspecified atom stereocenters. The number of rotatable bonds is 3. The minimum absolute atomic E-state index is 0.0443. The van der Waals surface area contributed by atoms with E-state index in [0.29, 0.717) is 6.54 Å². The first kappa shape index (κ1) is 11.9. The van der Waals surface area contributed by atoms with Crippen molar-refractivity contribution in [1.82, 2.24) is 4.57 Å². The normalized spacial score (nSPS) is 10.2. The van der Waals surface area contributed by atoms with E-state index in [1.165, 1.54) is 10.5 Å². The van der Waals surface area contributed by atoms with Crippen molar-refractivity contribution in [3.8, 4) is 10.4 Å². The maximum Gasteiger partial charge on any atom is 0.250 e. The molecular weight excluding hydrogens is 230 g/mol. The molecule has 0 amide bonds. The van der Waals surface area contributed by atoms with Crippen LogP contribution in [-0.4, -0.2) is 4.57 Å². The SMILES string of the molecule is CC(C)=CCn1cc(-c2cccs2)ccc1=O. The van der Waals surface area contributed by atoms with E-state index in [9.17, 15) is 4.79 Å². The Bertz CT molecular complexity index is 575. The fourth-order valence-electron chi connectivity index (χ4n) is 1.54. The highest BCUT2D eigenvalue weighted by atomic mass is 32.1. The average Bonchev–Trinajstić information content (AvgIpc) is 2.81. The van der Waals surface area contributed by atoms with Crippen LogP contribution in [0.25, 0.3) is 10.4 Å². The van der Waals surface area contributed by atoms with Gasteiger partial charge in [-0.05, 0) is 31.4 Å². The van der Waals surface area contributed by atoms with Gasteiger partial charge in [-0.15, -0.1) is 11.3 Å². The van der Waals surface area contributed by atoms with Crippen molar-refractivity contribution in [3.63, 3.8) is 0 Å². The van der Waals surface area contributed by atoms with Gasteiger partial charge in [0.05, 0.1) is 0 Å². The number of pyridine rings is 1. The zero-order valence-electron chi connectivity index (χ0n) is 10.0. The van der Waals surface area contributed by atoms with Gasteiger partial charge >= 0.3 is 0 Å². The summed E-state index contributed by atoms with van der Waals surface area (Å²) < 4.78 is 1.74. The third-order valence-electron chi connectivity index (χ3n) is 2.49. The van der Waals surface area contributed by atoms with Crippen molar-refractivity contribution in [1.29, 1.82) is 0 Å². The van der Waals surface area contributed by atoms with Crippen LogP contribution in [-0.2, 0) is 6.54 Å². The van der Waals surface area contributed by atoms with E-state index >= 15 is 0 Å². The molecule has 2 nitrogen and oxygen atoms in total. The molecule has 0 saturated carbocycles. The Kier molecular flexibility index (Phi) is 3.59. The Morgan fingerprint density at radius 2 is 2.18 bits per heavy atom. The Morgan fingerprint density at radius 3 is 2.82 bits per heavy atom. The van der Waals surface area contributed by atoms with Crippen LogP contribution in [0.3, 0.4) is 0 Å². The van der Waals surface area contributed by atoms with Crippen molar-refractivity contribution in [2.75, 3.05) is 0 Å². The monoisotopic (exact) mass is 245 g/mol. The third kappa shape index (κ3) is 2.94. The molecule has 2 rings (SSSR count). The van der Waals surface area contributed by atoms with Crippen LogP contribution in [0.5, 0.6) is 0 Å². The smallest absolute Gasteiger partial charge is 0.250 e. The second-order valence-corrected chi connectivity index (χ2v) is 5.11. The first-order chi connectivity index (χ1) is 8.16. The maximum atomic E-state index is 11.7. The molecular formula is C14H15NOS. The lowest BCUT2D eigenvalue weighted by Crippen LogP contribution is -2.17. The lowest BCUT2D eigenvalue weighted by Gasteiger charge is -2.05. The lowest BCUT2D eigenvalue weighted by atomic mass is 10.2. The summed E-state index contributed by atoms with van der Waals surface area (Å²) in [6.45, 7) is 4.71. The minimum atomic E-state index is 0.0443. The van der Waals surface area contributed by atoms with Crippen LogP contribution in [0.4, 0.5) is 0 Å². The Balaban J connectivity index is 2.36. The van der Waals surface area contributed by atoms with E-state index in [-0.39, 0.29) is 5.56 Å². The number of thiophene rings is 1. The predicted octanol–water partition coefficient (Wildman–Crippen LogP) is 3.54. The van der Waals surface area contributed by atoms with Gasteiger partial charge in [0.2, 0.25) is 0 Å². The number of nitrogens with zero attached hydrogens (tertiary/aromatic N) is 1. The van der Waals surface area contributed by atoms with Crippen molar-refractivity contribution >= 4 is 11.3 Å². The molecule has 3 heteroatoms. The Labute approximate surface area is 105 Å². The molecule has 0 aliphatic carbocycles. The quantitative estimate of drug-likeness (QED) is 0.758. The summed E-state index contributed by atoms with van der Waals surface area (Å²) in [5.74, 6) is 0. The van der Waals surface area contributed by atoms with Gasteiger partial charge in [-0.2, -0.15) is 0 Å². The molecule has 2 aromatic heterocycles. The van der Waals surface area contributed by atoms with Gasteiger partial charge in [-0.3, -0.25) is 4.79 Å². The molecule has 0 spiro atoms. The number of hydrogen-bond donors (Lipinski definition) is 0. The number of allylic oxidation sites excluding steroid dienone is 2. The Hall–Kier alpha value is -1.61. The van der Waals surface area contributed by atoms with E-state index in [0.717, 1.165) is 5.56 Å². The van der Waals surface area contributed by atoms with Crippen LogP contribution < -0.4 is 5.56 Å². The summed E-state index contributed by atoms with van der Waals surface area (Å²) in [5, 5.41) is 2.04. The van der Waals surface area contributed by atoms with Crippen molar-refractivity contribution in [2.24, 2.45) is 0 Å². The van der Waals surface area contributed by atoms with Crippen LogP contribution in [0, 0.1) is 0 Å². The molecule has 17 heavy (non-hydrogen) atoms. The van der Waals surface area contributed by atoms with E-state index in [1.807, 2.05) is 37.6 Å². The highest BCUT2D eigenvalue weighted by Gasteiger charge is 2.01. The maximum absolute atomic E-state index is 11.7. The van der Waals surface area contributed by atoms with Crippen LogP contribution in [0.1, 0.15) is 13.8 Å². The van der Waals surface area contributed by atoms with Gasteiger partial charge in [0.25, 0.3) is 5.56 Å². The zero-order valence-corrected chi connectivity index (χ0v) is 10.8. The molecule has 0 radical (unpaired) electrons. The summed E-state index contributed by atoms with van der Waals surface area (Å²) in [4.78, 5) is 12.9. The molecule has 2 aromatic rings. The van der Waals surface area contributed by atoms with Gasteiger partial charge in [0, 0.05) is 29.2 Å². The third-order valence-corrected chi connectivity index (χ3v) is 3.40. The van der Waals surface area contributed by atoms with Crippen LogP contribution in [0.2, 0.25) is 0 Å². The second-order valence-electron chi connectivity index (χ2n) is 4.17. The van der Waals surface area contributed by atoms with Crippen LogP contribution >= 0.6 is 11.3 Å². The minimum Gasteiger partial charge on any atom is -0.311 e. The Morgan fingerprint density at radius 1 is 1.35 bits per heavy atom. The van der Waals surface area contributed by atoms with E-state index in [4.69, 9.17) is 0 Å². The van der Waals surface area contributed by atoms with E-state index in [1.54, 1.807) is 22.0 Å². The molecule has 0 aromatic carbocycles. The standard InChI is InChI=1S/C14H15NOS/c1-11(2)7-8-15-10-12(5-6-14(15)16)13-4-3-9-17-13/h3-7,9-10H,8H2,1-2H3. The molecule has 0 aliphatic heterocycles. The number of aromatic nitrogens is 1. The average molecular weight is 245 g/mol. The van der Waals surface area contributed by atoms with Gasteiger partial charge < -0.3 is 4.57 Å². The summed E-state index contributed by atoms with van der Waals surface area (Å²) in [5.41, 5.74) is 2.36. The molecule has 0 atom stereocenters. The fraction of sp³-hybridized carbons (Fsp3) is 0.214. The first-order valence-corrected chi connectivity index (χ1v) is 6.42. The van der Waals surface area contributed by atoms with Gasteiger partial charge in [0.15, 0.2) is 0 Å². The highest BCUT2D eigenvalue weighted by Crippen LogP contribution is 2.23. The summed E-state index contributed by atoms with van der Waals surface area (Å²) >= 11 is 1.68. The largest absolute Gasteiger partial charge is 0.311 e. The highest BCUT2D eigenvalue weighted by molar-refractivity contribution is 7.13. The molecule has 0 fully saturated rings. The molecule has 88 valence electrons. The molecule has 0 bridgehead atoms. The topological polar surface area (TPSA) is 22.0 Å². The summed E-state index contributed by atoms with van der Waals surface area (Å²) in [6, 6.07) is 7.60.